The molecule has 3 aromatic rings. The van der Waals surface area contributed by atoms with E-state index in [1.54, 1.807) is 0 Å². The van der Waals surface area contributed by atoms with Crippen LogP contribution in [0.5, 0.6) is 5.75 Å². The van der Waals surface area contributed by atoms with E-state index < -0.39 is 0 Å². The molecule has 2 aromatic carbocycles. The molecule has 35 heavy (non-hydrogen) atoms. The highest BCUT2D eigenvalue weighted by Gasteiger charge is 2.20. The number of likely N-dealkylation sites (tertiary alicyclic amines) is 1. The lowest BCUT2D eigenvalue weighted by molar-refractivity contribution is 0.0792. The molecule has 0 radical (unpaired) electrons. The fourth-order valence-electron chi connectivity index (χ4n) is 4.59. The van der Waals surface area contributed by atoms with Gasteiger partial charge in [-0.05, 0) is 62.4 Å². The molecule has 1 N–H and O–H groups in total. The van der Waals surface area contributed by atoms with Crippen LogP contribution in [0.4, 0.5) is 11.8 Å². The number of para-hydroxylation sites is 1. The van der Waals surface area contributed by atoms with E-state index in [2.05, 4.69) is 10.2 Å². The van der Waals surface area contributed by atoms with Crippen LogP contribution in [-0.4, -0.2) is 60.1 Å². The molecule has 3 heterocycles. The van der Waals surface area contributed by atoms with Gasteiger partial charge in [0.05, 0.1) is 12.1 Å². The smallest absolute Gasteiger partial charge is 0.253 e. The zero-order chi connectivity index (χ0) is 24.5. The maximum absolute atomic E-state index is 12.6. The number of hydrogen-bond donors (Lipinski definition) is 1. The molecule has 0 unspecified atom stereocenters. The first-order valence-electron chi connectivity index (χ1n) is 13.1. The number of carbonyl (C=O) groups excluding carboxylic acids is 1. The topological polar surface area (TPSA) is 70.6 Å². The van der Waals surface area contributed by atoms with E-state index in [9.17, 15) is 4.79 Å². The molecular formula is C28H37N5O2. The molecule has 7 nitrogen and oxygen atoms in total. The van der Waals surface area contributed by atoms with Crippen molar-refractivity contribution in [2.24, 2.45) is 0 Å². The minimum atomic E-state index is 0.0915. The number of amides is 1. The average molecular weight is 476 g/mol. The number of anilines is 2. The van der Waals surface area contributed by atoms with Crippen LogP contribution in [0, 0.1) is 0 Å². The average Bonchev–Trinajstić information content (AvgIpc) is 3.47. The molecule has 186 valence electrons. The molecule has 7 heteroatoms. The highest BCUT2D eigenvalue weighted by Crippen LogP contribution is 2.25. The highest BCUT2D eigenvalue weighted by atomic mass is 16.5. The van der Waals surface area contributed by atoms with Crippen LogP contribution in [-0.2, 0) is 0 Å². The van der Waals surface area contributed by atoms with E-state index in [0.717, 1.165) is 61.7 Å². The second kappa shape index (κ2) is 12.4. The lowest BCUT2D eigenvalue weighted by Gasteiger charge is -2.27. The van der Waals surface area contributed by atoms with Gasteiger partial charge in [0.15, 0.2) is 0 Å². The van der Waals surface area contributed by atoms with Gasteiger partial charge < -0.3 is 19.9 Å². The van der Waals surface area contributed by atoms with E-state index >= 15 is 0 Å². The minimum absolute atomic E-state index is 0.0915. The van der Waals surface area contributed by atoms with Crippen molar-refractivity contribution in [1.82, 2.24) is 14.9 Å². The second-order valence-corrected chi connectivity index (χ2v) is 8.74. The first kappa shape index (κ1) is 24.8. The van der Waals surface area contributed by atoms with Gasteiger partial charge in [-0.1, -0.05) is 32.0 Å². The molecule has 0 saturated carbocycles. The third-order valence-electron chi connectivity index (χ3n) is 6.37. The standard InChI is InChI=1S/C26H31N5O2.C2H6/c32-25(30-14-6-7-15-30)20-9-8-10-21(19-20)33-18-13-27-24-22-11-2-3-12-23(22)28-26(29-24)31-16-4-1-5-17-31;1-2/h2-3,8-12,19H,1,4-7,13-18H2,(H,27,28,29);1-2H3. The number of hydrogen-bond acceptors (Lipinski definition) is 6. The van der Waals surface area contributed by atoms with E-state index in [1.807, 2.05) is 67.3 Å². The van der Waals surface area contributed by atoms with Crippen molar-refractivity contribution in [2.75, 3.05) is 49.5 Å². The molecule has 2 fully saturated rings. The summed E-state index contributed by atoms with van der Waals surface area (Å²) in [5, 5.41) is 4.45. The molecular weight excluding hydrogens is 438 g/mol. The number of ether oxygens (including phenoxy) is 1. The van der Waals surface area contributed by atoms with Gasteiger partial charge >= 0.3 is 0 Å². The summed E-state index contributed by atoms with van der Waals surface area (Å²) in [5.41, 5.74) is 1.64. The van der Waals surface area contributed by atoms with Gasteiger partial charge in [0.1, 0.15) is 18.2 Å². The molecule has 1 amide bonds. The maximum Gasteiger partial charge on any atom is 0.253 e. The molecule has 1 aromatic heterocycles. The van der Waals surface area contributed by atoms with Crippen LogP contribution >= 0.6 is 0 Å². The quantitative estimate of drug-likeness (QED) is 0.463. The molecule has 2 saturated heterocycles. The van der Waals surface area contributed by atoms with E-state index in [4.69, 9.17) is 14.7 Å². The Morgan fingerprint density at radius 1 is 0.914 bits per heavy atom. The Morgan fingerprint density at radius 3 is 2.46 bits per heavy atom. The van der Waals surface area contributed by atoms with E-state index in [0.29, 0.717) is 24.5 Å². The summed E-state index contributed by atoms with van der Waals surface area (Å²) >= 11 is 0. The Hall–Kier alpha value is -3.35. The van der Waals surface area contributed by atoms with Crippen molar-refractivity contribution in [1.29, 1.82) is 0 Å². The maximum atomic E-state index is 12.6. The fraction of sp³-hybridized carbons (Fsp3) is 0.464. The summed E-state index contributed by atoms with van der Waals surface area (Å²) in [6.45, 7) is 8.78. The van der Waals surface area contributed by atoms with Crippen LogP contribution in [0.1, 0.15) is 56.3 Å². The molecule has 0 bridgehead atoms. The highest BCUT2D eigenvalue weighted by molar-refractivity contribution is 5.94. The molecule has 2 aliphatic heterocycles. The number of nitrogens with zero attached hydrogens (tertiary/aromatic N) is 4. The fourth-order valence-corrected chi connectivity index (χ4v) is 4.59. The SMILES string of the molecule is CC.O=C(c1cccc(OCCNc2nc(N3CCCCC3)nc3ccccc23)c1)N1CCCC1. The second-order valence-electron chi connectivity index (χ2n) is 8.74. The number of nitrogens with one attached hydrogen (secondary N) is 1. The van der Waals surface area contributed by atoms with Gasteiger partial charge in [-0.15, -0.1) is 0 Å². The summed E-state index contributed by atoms with van der Waals surface area (Å²) in [5.74, 6) is 2.44. The molecule has 0 spiro atoms. The number of aromatic nitrogens is 2. The molecule has 2 aliphatic rings. The van der Waals surface area contributed by atoms with E-state index in [-0.39, 0.29) is 5.91 Å². The van der Waals surface area contributed by atoms with Crippen LogP contribution in [0.15, 0.2) is 48.5 Å². The van der Waals surface area contributed by atoms with Gasteiger partial charge in [-0.25, -0.2) is 4.98 Å². The van der Waals surface area contributed by atoms with Crippen molar-refractivity contribution in [3.8, 4) is 5.75 Å². The minimum Gasteiger partial charge on any atom is -0.492 e. The summed E-state index contributed by atoms with van der Waals surface area (Å²) in [7, 11) is 0. The summed E-state index contributed by atoms with van der Waals surface area (Å²) < 4.78 is 5.95. The Morgan fingerprint density at radius 2 is 1.66 bits per heavy atom. The molecule has 0 aliphatic carbocycles. The number of benzene rings is 2. The zero-order valence-corrected chi connectivity index (χ0v) is 21.0. The van der Waals surface area contributed by atoms with Crippen molar-refractivity contribution in [2.45, 2.75) is 46.0 Å². The first-order valence-corrected chi connectivity index (χ1v) is 13.1. The lowest BCUT2D eigenvalue weighted by Crippen LogP contribution is -2.31. The third kappa shape index (κ3) is 6.21. The van der Waals surface area contributed by atoms with Gasteiger partial charge in [0.2, 0.25) is 5.95 Å². The van der Waals surface area contributed by atoms with Crippen LogP contribution < -0.4 is 15.0 Å². The first-order chi connectivity index (χ1) is 17.3. The van der Waals surface area contributed by atoms with E-state index in [1.165, 1.54) is 19.3 Å². The Kier molecular flexibility index (Phi) is 8.76. The van der Waals surface area contributed by atoms with Crippen molar-refractivity contribution >= 4 is 28.6 Å². The number of fused-ring (bicyclic) bond motifs is 1. The summed E-state index contributed by atoms with van der Waals surface area (Å²) in [4.78, 5) is 26.5. The monoisotopic (exact) mass is 475 g/mol. The molecule has 0 atom stereocenters. The van der Waals surface area contributed by atoms with Crippen LogP contribution in [0.25, 0.3) is 10.9 Å². The van der Waals surface area contributed by atoms with Gasteiger partial charge in [0, 0.05) is 37.1 Å². The summed E-state index contributed by atoms with van der Waals surface area (Å²) in [6.07, 6.45) is 5.82. The van der Waals surface area contributed by atoms with Crippen LogP contribution in [0.3, 0.4) is 0 Å². The number of piperidine rings is 1. The largest absolute Gasteiger partial charge is 0.492 e. The van der Waals surface area contributed by atoms with Crippen LogP contribution in [0.2, 0.25) is 0 Å². The lowest BCUT2D eigenvalue weighted by atomic mass is 10.1. The van der Waals surface area contributed by atoms with Crippen molar-refractivity contribution in [3.05, 3.63) is 54.1 Å². The summed E-state index contributed by atoms with van der Waals surface area (Å²) in [6, 6.07) is 15.6. The van der Waals surface area contributed by atoms with Gasteiger partial charge in [-0.2, -0.15) is 4.98 Å². The van der Waals surface area contributed by atoms with Gasteiger partial charge in [0.25, 0.3) is 5.91 Å². The Labute approximate surface area is 208 Å². The predicted molar refractivity (Wildman–Crippen MR) is 143 cm³/mol. The zero-order valence-electron chi connectivity index (χ0n) is 21.0. The normalized spacial score (nSPS) is 15.5. The Bertz CT molecular complexity index is 1110. The number of carbonyl (C=O) groups is 1. The third-order valence-corrected chi connectivity index (χ3v) is 6.37. The van der Waals surface area contributed by atoms with Crippen molar-refractivity contribution in [3.63, 3.8) is 0 Å². The van der Waals surface area contributed by atoms with Gasteiger partial charge in [-0.3, -0.25) is 4.79 Å². The van der Waals surface area contributed by atoms with Crippen molar-refractivity contribution < 1.29 is 9.53 Å². The predicted octanol–water partition coefficient (Wildman–Crippen LogP) is 5.37. The number of rotatable bonds is 7. The molecule has 5 rings (SSSR count). The Balaban J connectivity index is 0.00000141.